The number of carbonyl (C=O) groups excluding carboxylic acids is 3. The quantitative estimate of drug-likeness (QED) is 0.0274. The molecule has 0 aliphatic carbocycles. The lowest BCUT2D eigenvalue weighted by Gasteiger charge is -2.38. The molecule has 0 saturated carbocycles. The van der Waals surface area contributed by atoms with Gasteiger partial charge in [0.15, 0.2) is 39.6 Å². The van der Waals surface area contributed by atoms with Crippen molar-refractivity contribution in [2.45, 2.75) is 122 Å². The zero-order valence-corrected chi connectivity index (χ0v) is 48.0. The third-order valence-corrected chi connectivity index (χ3v) is 23.3. The molecule has 73 heavy (non-hydrogen) atoms. The van der Waals surface area contributed by atoms with E-state index in [4.69, 9.17) is 59.2 Å². The minimum absolute atomic E-state index is 0.0202. The minimum Gasteiger partial charge on any atom is -0.493 e. The first-order chi connectivity index (χ1) is 34.2. The number of hydrogen-bond donors (Lipinski definition) is 4. The van der Waals surface area contributed by atoms with Crippen LogP contribution >= 0.6 is 0 Å². The summed E-state index contributed by atoms with van der Waals surface area (Å²) in [5.41, 5.74) is 21.5. The van der Waals surface area contributed by atoms with Crippen LogP contribution in [0, 0.1) is 0 Å². The van der Waals surface area contributed by atoms with Gasteiger partial charge >= 0.3 is 0 Å². The zero-order valence-electron chi connectivity index (χ0n) is 46.0. The number of hydrogen-bond acceptors (Lipinski definition) is 15. The third-order valence-electron chi connectivity index (χ3n) is 14.3. The largest absolute Gasteiger partial charge is 0.493 e. The maximum Gasteiger partial charge on any atom is 0.256 e. The van der Waals surface area contributed by atoms with Crippen LogP contribution in [0.25, 0.3) is 0 Å². The van der Waals surface area contributed by atoms with Gasteiger partial charge in [-0.15, -0.1) is 0 Å². The zero-order chi connectivity index (χ0) is 54.3. The molecule has 2 aliphatic rings. The summed E-state index contributed by atoms with van der Waals surface area (Å²) >= 11 is 0. The number of benzene rings is 2. The van der Waals surface area contributed by atoms with Gasteiger partial charge in [-0.05, 0) is 61.2 Å². The summed E-state index contributed by atoms with van der Waals surface area (Å²) in [4.78, 5) is 45.0. The molecule has 0 aromatic heterocycles. The summed E-state index contributed by atoms with van der Waals surface area (Å²) in [7, 11) is -1.15. The average molecular weight is 1060 g/mol. The summed E-state index contributed by atoms with van der Waals surface area (Å²) in [5, 5.41) is 3.08. The molecule has 20 heteroatoms. The lowest BCUT2D eigenvalue weighted by atomic mass is 10.1. The van der Waals surface area contributed by atoms with Crippen LogP contribution in [0.15, 0.2) is 48.6 Å². The number of nitrogens with two attached hydrogens (primary N) is 3. The number of carbonyl (C=O) groups is 3. The fourth-order valence-electron chi connectivity index (χ4n) is 7.82. The molecule has 2 aromatic carbocycles. The third kappa shape index (κ3) is 17.4. The van der Waals surface area contributed by atoms with Crippen LogP contribution in [-0.4, -0.2) is 162 Å². The Morgan fingerprint density at radius 1 is 0.644 bits per heavy atom. The first kappa shape index (κ1) is 60.9. The molecule has 2 saturated heterocycles. The molecule has 0 radical (unpaired) electrons. The number of nitrogens with one attached hydrogen (secondary N) is 1. The van der Waals surface area contributed by atoms with Gasteiger partial charge < -0.3 is 74.3 Å². The highest BCUT2D eigenvalue weighted by molar-refractivity contribution is 6.74. The predicted molar refractivity (Wildman–Crippen MR) is 292 cm³/mol. The molecule has 2 aliphatic heterocycles. The predicted octanol–water partition coefficient (Wildman–Crippen LogP) is 7.18. The Bertz CT molecular complexity index is 2060. The first-order valence-electron chi connectivity index (χ1n) is 25.4. The second-order valence-electron chi connectivity index (χ2n) is 22.0. The molecule has 18 nitrogen and oxygen atoms in total. The fraction of sp³-hybridized carbons (Fsp3) is 0.642. The van der Waals surface area contributed by atoms with Crippen LogP contribution in [0.3, 0.4) is 0 Å². The van der Waals surface area contributed by atoms with Crippen molar-refractivity contribution >= 4 is 45.7 Å². The van der Waals surface area contributed by atoms with Gasteiger partial charge in [0.1, 0.15) is 6.61 Å². The lowest BCUT2D eigenvalue weighted by molar-refractivity contribution is -0.127. The summed E-state index contributed by atoms with van der Waals surface area (Å²) < 4.78 is 53.4. The number of ether oxygens (including phenoxy) is 7. The Balaban J connectivity index is 1.45. The molecule has 3 amide bonds. The molecule has 0 bridgehead atoms. The Labute approximate surface area is 437 Å². The molecule has 410 valence electrons. The Morgan fingerprint density at radius 2 is 1.04 bits per heavy atom. The molecular formula is C53H88N6O12Si2. The normalized spacial score (nSPS) is 16.6. The monoisotopic (exact) mass is 1060 g/mol. The van der Waals surface area contributed by atoms with Crippen molar-refractivity contribution in [3.05, 3.63) is 59.7 Å². The van der Waals surface area contributed by atoms with E-state index in [9.17, 15) is 14.4 Å². The van der Waals surface area contributed by atoms with E-state index in [1.165, 1.54) is 14.2 Å². The van der Waals surface area contributed by atoms with Gasteiger partial charge in [0.25, 0.3) is 11.8 Å². The second-order valence-corrected chi connectivity index (χ2v) is 31.6. The highest BCUT2D eigenvalue weighted by atomic mass is 28.4. The van der Waals surface area contributed by atoms with E-state index in [0.29, 0.717) is 101 Å². The number of nitrogen functional groups attached to an aromatic ring is 2. The topological polar surface area (TPSA) is 231 Å². The average Bonchev–Trinajstić information content (AvgIpc) is 3.89. The maximum atomic E-state index is 14.1. The minimum atomic E-state index is -2.07. The van der Waals surface area contributed by atoms with E-state index in [1.54, 1.807) is 34.1 Å². The van der Waals surface area contributed by atoms with Gasteiger partial charge in [-0.3, -0.25) is 14.4 Å². The van der Waals surface area contributed by atoms with Crippen molar-refractivity contribution in [3.63, 3.8) is 0 Å². The second kappa shape index (κ2) is 27.2. The SMILES string of the molecule is C=C1C[C@@H](CO[Si](C)(C)C(C)(C)C)N(C(=O)c2cc(OC)c(OCCC(CCOc3cc(N)c(C(=O)N4CC(=C)C[C@H]4CO[Si](C)(C)C(C)(C)C)cc3OC)NC(=O)COCCOCCOCCN)cc2N)C1. The van der Waals surface area contributed by atoms with Crippen molar-refractivity contribution in [1.82, 2.24) is 15.1 Å². The van der Waals surface area contributed by atoms with Crippen LogP contribution in [0.5, 0.6) is 23.0 Å². The van der Waals surface area contributed by atoms with E-state index in [1.807, 2.05) is 0 Å². The van der Waals surface area contributed by atoms with Crippen molar-refractivity contribution in [1.29, 1.82) is 0 Å². The van der Waals surface area contributed by atoms with E-state index < -0.39 is 22.7 Å². The Morgan fingerprint density at radius 3 is 1.42 bits per heavy atom. The highest BCUT2D eigenvalue weighted by Gasteiger charge is 2.42. The summed E-state index contributed by atoms with van der Waals surface area (Å²) in [6, 6.07) is 5.57. The van der Waals surface area contributed by atoms with E-state index >= 15 is 0 Å². The maximum absolute atomic E-state index is 14.1. The standard InChI is InChI=1S/C53H88N6O12Si2/c1-36-25-39(33-70-72(11,12)52(3,4)5)58(31-36)50(61)41-27-45(63-9)47(29-43(41)55)68-18-15-38(57-49(60)35-67-24-23-66-22-21-65-20-17-54)16-19-69-48-30-44(56)42(28-46(48)64-10)51(62)59-32-37(2)26-40(59)34-71-73(13,14)53(6,7)8/h27-30,38-40H,1-2,15-26,31-35,54-56H2,3-14H3,(H,57,60)/t39-,40-/m0/s1. The van der Waals surface area contributed by atoms with Gasteiger partial charge in [0, 0.05) is 62.0 Å². The van der Waals surface area contributed by atoms with Crippen molar-refractivity contribution in [2.75, 3.05) is 111 Å². The lowest BCUT2D eigenvalue weighted by Crippen LogP contribution is -2.46. The van der Waals surface area contributed by atoms with Gasteiger partial charge in [-0.2, -0.15) is 0 Å². The number of amides is 3. The molecule has 2 heterocycles. The van der Waals surface area contributed by atoms with Gasteiger partial charge in [-0.25, -0.2) is 0 Å². The molecule has 0 unspecified atom stereocenters. The van der Waals surface area contributed by atoms with Gasteiger partial charge in [-0.1, -0.05) is 65.8 Å². The smallest absolute Gasteiger partial charge is 0.256 e. The van der Waals surface area contributed by atoms with Crippen LogP contribution < -0.4 is 41.5 Å². The molecule has 0 spiro atoms. The first-order valence-corrected chi connectivity index (χ1v) is 31.2. The molecule has 2 fully saturated rings. The van der Waals surface area contributed by atoms with Crippen LogP contribution in [0.2, 0.25) is 36.3 Å². The Hall–Kier alpha value is -4.68. The fourth-order valence-corrected chi connectivity index (χ4v) is 9.90. The number of anilines is 2. The molecule has 2 aromatic rings. The van der Waals surface area contributed by atoms with Crippen molar-refractivity contribution in [2.24, 2.45) is 5.73 Å². The van der Waals surface area contributed by atoms with Crippen molar-refractivity contribution in [3.8, 4) is 23.0 Å². The number of methoxy groups -OCH3 is 2. The van der Waals surface area contributed by atoms with Crippen LogP contribution in [0.4, 0.5) is 11.4 Å². The Kier molecular flexibility index (Phi) is 22.7. The van der Waals surface area contributed by atoms with E-state index in [2.05, 4.69) is 86.2 Å². The van der Waals surface area contributed by atoms with Gasteiger partial charge in [0.2, 0.25) is 5.91 Å². The van der Waals surface area contributed by atoms with Crippen LogP contribution in [-0.2, 0) is 27.9 Å². The summed E-state index contributed by atoms with van der Waals surface area (Å²) in [5.74, 6) is 0.485. The molecule has 7 N–H and O–H groups in total. The molecule has 4 rings (SSSR count). The highest BCUT2D eigenvalue weighted by Crippen LogP contribution is 2.40. The molecule has 2 atom stereocenters. The van der Waals surface area contributed by atoms with E-state index in [0.717, 1.165) is 11.1 Å². The summed E-state index contributed by atoms with van der Waals surface area (Å²) in [6.45, 7) is 34.1. The van der Waals surface area contributed by atoms with Crippen molar-refractivity contribution < 1.29 is 56.4 Å². The number of likely N-dealkylation sites (tertiary alicyclic amines) is 2. The summed E-state index contributed by atoms with van der Waals surface area (Å²) in [6.07, 6.45) is 1.97. The number of nitrogens with zero attached hydrogens (tertiary/aromatic N) is 2. The molecular weight excluding hydrogens is 969 g/mol. The van der Waals surface area contributed by atoms with Gasteiger partial charge in [0.05, 0.1) is 96.9 Å². The number of rotatable bonds is 29. The van der Waals surface area contributed by atoms with Crippen LogP contribution in [0.1, 0.15) is 87.9 Å². The van der Waals surface area contributed by atoms with E-state index in [-0.39, 0.29) is 95.4 Å².